The van der Waals surface area contributed by atoms with Gasteiger partial charge >= 0.3 is 0 Å². The molecule has 0 aliphatic carbocycles. The highest BCUT2D eigenvalue weighted by Crippen LogP contribution is 2.20. The zero-order valence-corrected chi connectivity index (χ0v) is 16.5. The highest BCUT2D eigenvalue weighted by atomic mass is 32.2. The summed E-state index contributed by atoms with van der Waals surface area (Å²) in [7, 11) is -2.20. The maximum Gasteiger partial charge on any atom is 0.261 e. The van der Waals surface area contributed by atoms with E-state index in [1.165, 1.54) is 37.5 Å². The summed E-state index contributed by atoms with van der Waals surface area (Å²) in [5, 5.41) is 2.70. The van der Waals surface area contributed by atoms with E-state index in [-0.39, 0.29) is 10.8 Å². The number of methoxy groups -OCH3 is 1. The van der Waals surface area contributed by atoms with Gasteiger partial charge in [0.25, 0.3) is 10.0 Å². The molecule has 3 rings (SSSR count). The molecule has 3 aromatic carbocycles. The maximum absolute atomic E-state index is 12.5. The van der Waals surface area contributed by atoms with E-state index in [2.05, 4.69) is 10.0 Å². The van der Waals surface area contributed by atoms with Crippen LogP contribution in [0.1, 0.15) is 5.56 Å². The third-order valence-electron chi connectivity index (χ3n) is 4.00. The molecule has 0 heterocycles. The van der Waals surface area contributed by atoms with E-state index in [9.17, 15) is 13.2 Å². The van der Waals surface area contributed by atoms with Crippen LogP contribution in [0, 0.1) is 0 Å². The van der Waals surface area contributed by atoms with Crippen molar-refractivity contribution in [2.24, 2.45) is 0 Å². The normalized spacial score (nSPS) is 11.2. The summed E-state index contributed by atoms with van der Waals surface area (Å²) in [6.45, 7) is 0. The average molecular weight is 408 g/mol. The van der Waals surface area contributed by atoms with Crippen LogP contribution in [-0.2, 0) is 14.8 Å². The van der Waals surface area contributed by atoms with Crippen LogP contribution in [-0.4, -0.2) is 21.4 Å². The summed E-state index contributed by atoms with van der Waals surface area (Å²) in [5.41, 5.74) is 1.83. The number of rotatable bonds is 7. The Morgan fingerprint density at radius 1 is 0.862 bits per heavy atom. The van der Waals surface area contributed by atoms with E-state index in [1.807, 2.05) is 30.3 Å². The molecule has 0 aromatic heterocycles. The Morgan fingerprint density at radius 3 is 2.10 bits per heavy atom. The number of carbonyl (C=O) groups excluding carboxylic acids is 1. The molecule has 0 unspecified atom stereocenters. The minimum Gasteiger partial charge on any atom is -0.497 e. The van der Waals surface area contributed by atoms with E-state index < -0.39 is 10.0 Å². The number of nitrogens with one attached hydrogen (secondary N) is 2. The number of hydrogen-bond donors (Lipinski definition) is 2. The van der Waals surface area contributed by atoms with Gasteiger partial charge in [-0.1, -0.05) is 30.3 Å². The van der Waals surface area contributed by atoms with Gasteiger partial charge in [0.2, 0.25) is 5.91 Å². The summed E-state index contributed by atoms with van der Waals surface area (Å²) < 4.78 is 32.6. The highest BCUT2D eigenvalue weighted by molar-refractivity contribution is 7.92. The van der Waals surface area contributed by atoms with Gasteiger partial charge in [-0.05, 0) is 60.2 Å². The molecule has 0 radical (unpaired) electrons. The fourth-order valence-electron chi connectivity index (χ4n) is 2.51. The molecule has 0 saturated heterocycles. The summed E-state index contributed by atoms with van der Waals surface area (Å²) in [4.78, 5) is 12.1. The second kappa shape index (κ2) is 9.07. The lowest BCUT2D eigenvalue weighted by atomic mass is 10.2. The molecule has 0 aliphatic heterocycles. The predicted octanol–water partition coefficient (Wildman–Crippen LogP) is 4.15. The molecule has 7 heteroatoms. The second-order valence-electron chi connectivity index (χ2n) is 6.09. The Balaban J connectivity index is 1.63. The van der Waals surface area contributed by atoms with Crippen LogP contribution in [0.2, 0.25) is 0 Å². The van der Waals surface area contributed by atoms with Gasteiger partial charge < -0.3 is 10.1 Å². The molecule has 0 fully saturated rings. The fraction of sp³-hybridized carbons (Fsp3) is 0.0455. The van der Waals surface area contributed by atoms with Gasteiger partial charge in [0.15, 0.2) is 0 Å². The van der Waals surface area contributed by atoms with Crippen molar-refractivity contribution in [1.29, 1.82) is 0 Å². The fourth-order valence-corrected chi connectivity index (χ4v) is 3.57. The zero-order valence-electron chi connectivity index (χ0n) is 15.7. The quantitative estimate of drug-likeness (QED) is 0.575. The van der Waals surface area contributed by atoms with Gasteiger partial charge in [-0.3, -0.25) is 9.52 Å². The number of amides is 1. The third-order valence-corrected chi connectivity index (χ3v) is 5.40. The molecule has 6 nitrogen and oxygen atoms in total. The van der Waals surface area contributed by atoms with Crippen molar-refractivity contribution < 1.29 is 17.9 Å². The molecule has 0 spiro atoms. The molecule has 3 aromatic rings. The predicted molar refractivity (Wildman–Crippen MR) is 114 cm³/mol. The van der Waals surface area contributed by atoms with Crippen molar-refractivity contribution in [3.05, 3.63) is 90.5 Å². The molecular weight excluding hydrogens is 388 g/mol. The number of benzene rings is 3. The average Bonchev–Trinajstić information content (AvgIpc) is 2.74. The Bertz CT molecular complexity index is 1090. The lowest BCUT2D eigenvalue weighted by molar-refractivity contribution is -0.111. The van der Waals surface area contributed by atoms with Crippen molar-refractivity contribution >= 4 is 33.4 Å². The van der Waals surface area contributed by atoms with Crippen molar-refractivity contribution in [3.63, 3.8) is 0 Å². The molecule has 2 N–H and O–H groups in total. The van der Waals surface area contributed by atoms with E-state index in [4.69, 9.17) is 4.74 Å². The highest BCUT2D eigenvalue weighted by Gasteiger charge is 2.14. The topological polar surface area (TPSA) is 84.5 Å². The monoisotopic (exact) mass is 408 g/mol. The number of anilines is 2. The summed E-state index contributed by atoms with van der Waals surface area (Å²) in [6.07, 6.45) is 3.12. The SMILES string of the molecule is COc1ccc(NS(=O)(=O)c2ccc(NC(=O)/C=C/c3ccccc3)cc2)cc1. The molecular formula is C22H20N2O4S. The molecule has 0 aliphatic rings. The van der Waals surface area contributed by atoms with Crippen molar-refractivity contribution in [2.75, 3.05) is 17.1 Å². The van der Waals surface area contributed by atoms with Gasteiger partial charge in [-0.2, -0.15) is 0 Å². The van der Waals surface area contributed by atoms with E-state index >= 15 is 0 Å². The standard InChI is InChI=1S/C22H20N2O4S/c1-28-20-12-8-19(9-13-20)24-29(26,27)21-14-10-18(11-15-21)23-22(25)16-7-17-5-3-2-4-6-17/h2-16,24H,1H3,(H,23,25)/b16-7+. The summed E-state index contributed by atoms with van der Waals surface area (Å²) in [6, 6.07) is 22.0. The van der Waals surface area contributed by atoms with Crippen LogP contribution in [0.5, 0.6) is 5.75 Å². The first-order chi connectivity index (χ1) is 14.0. The van der Waals surface area contributed by atoms with E-state index in [0.29, 0.717) is 17.1 Å². The Labute approximate surface area is 169 Å². The largest absolute Gasteiger partial charge is 0.497 e. The second-order valence-corrected chi connectivity index (χ2v) is 7.77. The summed E-state index contributed by atoms with van der Waals surface area (Å²) >= 11 is 0. The molecule has 29 heavy (non-hydrogen) atoms. The van der Waals surface area contributed by atoms with Crippen LogP contribution in [0.4, 0.5) is 11.4 Å². The minimum absolute atomic E-state index is 0.0890. The van der Waals surface area contributed by atoms with Gasteiger partial charge in [-0.25, -0.2) is 8.42 Å². The molecule has 0 atom stereocenters. The van der Waals surface area contributed by atoms with E-state index in [0.717, 1.165) is 5.56 Å². The number of carbonyl (C=O) groups is 1. The smallest absolute Gasteiger partial charge is 0.261 e. The first kappa shape index (κ1) is 20.2. The van der Waals surface area contributed by atoms with Gasteiger partial charge in [-0.15, -0.1) is 0 Å². The Morgan fingerprint density at radius 2 is 1.48 bits per heavy atom. The molecule has 148 valence electrons. The number of sulfonamides is 1. The minimum atomic E-state index is -3.74. The van der Waals surface area contributed by atoms with Crippen molar-refractivity contribution in [2.45, 2.75) is 4.90 Å². The van der Waals surface area contributed by atoms with Crippen LogP contribution in [0.3, 0.4) is 0 Å². The van der Waals surface area contributed by atoms with Gasteiger partial charge in [0.05, 0.1) is 12.0 Å². The van der Waals surface area contributed by atoms with Crippen molar-refractivity contribution in [3.8, 4) is 5.75 Å². The van der Waals surface area contributed by atoms with Crippen LogP contribution in [0.15, 0.2) is 89.8 Å². The molecule has 0 bridgehead atoms. The van der Waals surface area contributed by atoms with Crippen molar-refractivity contribution in [1.82, 2.24) is 0 Å². The summed E-state index contributed by atoms with van der Waals surface area (Å²) in [5.74, 6) is 0.329. The number of ether oxygens (including phenoxy) is 1. The molecule has 1 amide bonds. The van der Waals surface area contributed by atoms with Gasteiger partial charge in [0.1, 0.15) is 5.75 Å². The zero-order chi connectivity index (χ0) is 20.7. The van der Waals surface area contributed by atoms with Crippen LogP contribution < -0.4 is 14.8 Å². The first-order valence-electron chi connectivity index (χ1n) is 8.77. The Kier molecular flexibility index (Phi) is 6.31. The van der Waals surface area contributed by atoms with Crippen LogP contribution >= 0.6 is 0 Å². The molecule has 0 saturated carbocycles. The van der Waals surface area contributed by atoms with E-state index in [1.54, 1.807) is 30.3 Å². The lowest BCUT2D eigenvalue weighted by Gasteiger charge is -2.09. The first-order valence-corrected chi connectivity index (χ1v) is 10.3. The number of hydrogen-bond acceptors (Lipinski definition) is 4. The lowest BCUT2D eigenvalue weighted by Crippen LogP contribution is -2.13. The third kappa shape index (κ3) is 5.70. The Hall–Kier alpha value is -3.58. The van der Waals surface area contributed by atoms with Gasteiger partial charge in [0, 0.05) is 17.5 Å². The maximum atomic E-state index is 12.5. The van der Waals surface area contributed by atoms with Crippen LogP contribution in [0.25, 0.3) is 6.08 Å².